The van der Waals surface area contributed by atoms with Gasteiger partial charge in [0, 0.05) is 22.9 Å². The predicted octanol–water partition coefficient (Wildman–Crippen LogP) is 6.27. The molecule has 178 valence electrons. The van der Waals surface area contributed by atoms with Gasteiger partial charge in [0.2, 0.25) is 5.91 Å². The van der Waals surface area contributed by atoms with Crippen molar-refractivity contribution in [1.82, 2.24) is 0 Å². The zero-order valence-corrected chi connectivity index (χ0v) is 20.4. The van der Waals surface area contributed by atoms with Crippen LogP contribution in [0.25, 0.3) is 0 Å². The molecule has 10 heteroatoms. The van der Waals surface area contributed by atoms with Crippen LogP contribution in [0, 0.1) is 26.4 Å². The summed E-state index contributed by atoms with van der Waals surface area (Å²) in [6.07, 6.45) is 1.51. The van der Waals surface area contributed by atoms with Gasteiger partial charge in [0.15, 0.2) is 0 Å². The number of nitro benzene ring substituents is 1. The summed E-state index contributed by atoms with van der Waals surface area (Å²) in [5.74, 6) is -1.04. The SMILES string of the molecule is CC12CCC(C(=O)Nc3ccccc3[N+](=O)[O-])(C/C1=N\OC(=O)c1ccc(Cl)cc1Cl)C2(C)C. The van der Waals surface area contributed by atoms with Crippen LogP contribution in [0.3, 0.4) is 0 Å². The largest absolute Gasteiger partial charge is 0.367 e. The van der Waals surface area contributed by atoms with Crippen molar-refractivity contribution >= 4 is 52.2 Å². The van der Waals surface area contributed by atoms with E-state index >= 15 is 0 Å². The number of para-hydroxylation sites is 2. The second-order valence-electron chi connectivity index (χ2n) is 9.49. The van der Waals surface area contributed by atoms with E-state index in [1.165, 1.54) is 30.3 Å². The number of halogens is 2. The second-order valence-corrected chi connectivity index (χ2v) is 10.3. The van der Waals surface area contributed by atoms with Crippen molar-refractivity contribution in [2.24, 2.45) is 21.4 Å². The number of anilines is 1. The third kappa shape index (κ3) is 3.56. The molecule has 2 bridgehead atoms. The highest BCUT2D eigenvalue weighted by atomic mass is 35.5. The number of carbonyl (C=O) groups is 2. The van der Waals surface area contributed by atoms with Gasteiger partial charge >= 0.3 is 5.97 Å². The maximum Gasteiger partial charge on any atom is 0.367 e. The van der Waals surface area contributed by atoms with Crippen molar-refractivity contribution in [1.29, 1.82) is 0 Å². The Morgan fingerprint density at radius 2 is 1.82 bits per heavy atom. The number of fused-ring (bicyclic) bond motifs is 2. The van der Waals surface area contributed by atoms with Crippen molar-refractivity contribution < 1.29 is 19.3 Å². The number of oxime groups is 1. The number of benzene rings is 2. The molecular weight excluding hydrogens is 481 g/mol. The zero-order valence-electron chi connectivity index (χ0n) is 18.9. The van der Waals surface area contributed by atoms with E-state index in [-0.39, 0.29) is 34.3 Å². The number of hydrogen-bond donors (Lipinski definition) is 1. The first-order valence-corrected chi connectivity index (χ1v) is 11.5. The maximum absolute atomic E-state index is 13.6. The Morgan fingerprint density at radius 1 is 1.12 bits per heavy atom. The Bertz CT molecular complexity index is 1240. The van der Waals surface area contributed by atoms with E-state index in [9.17, 15) is 19.7 Å². The number of carbonyl (C=O) groups excluding carboxylic acids is 2. The lowest BCUT2D eigenvalue weighted by molar-refractivity contribution is -0.383. The molecule has 2 aliphatic carbocycles. The van der Waals surface area contributed by atoms with E-state index in [1.807, 2.05) is 20.8 Å². The number of rotatable bonds is 5. The standard InChI is InChI=1S/C24H23Cl2N3O5/c1-22(2)23(3)10-11-24(22,21(31)27-17-6-4-5-7-18(17)29(32)33)13-19(23)28-34-20(30)15-9-8-14(25)12-16(15)26/h4-9,12H,10-11,13H2,1-3H3,(H,27,31)/b28-19+. The van der Waals surface area contributed by atoms with E-state index in [4.69, 9.17) is 28.0 Å². The number of nitrogens with zero attached hydrogens (tertiary/aromatic N) is 2. The average molecular weight is 504 g/mol. The van der Waals surface area contributed by atoms with Crippen molar-refractivity contribution in [2.45, 2.75) is 40.0 Å². The van der Waals surface area contributed by atoms with Crippen LogP contribution in [0.1, 0.15) is 50.4 Å². The molecule has 2 aromatic carbocycles. The second kappa shape index (κ2) is 8.36. The Balaban J connectivity index is 1.61. The molecule has 0 heterocycles. The molecule has 0 radical (unpaired) electrons. The highest BCUT2D eigenvalue weighted by molar-refractivity contribution is 6.36. The topological polar surface area (TPSA) is 111 Å². The summed E-state index contributed by atoms with van der Waals surface area (Å²) in [7, 11) is 0. The predicted molar refractivity (Wildman–Crippen MR) is 129 cm³/mol. The molecule has 34 heavy (non-hydrogen) atoms. The Labute approximate surface area is 206 Å². The fourth-order valence-electron chi connectivity index (χ4n) is 5.30. The highest BCUT2D eigenvalue weighted by Crippen LogP contribution is 2.71. The lowest BCUT2D eigenvalue weighted by Gasteiger charge is -2.39. The smallest absolute Gasteiger partial charge is 0.320 e. The van der Waals surface area contributed by atoms with Crippen molar-refractivity contribution in [2.75, 3.05) is 5.32 Å². The third-order valence-electron chi connectivity index (χ3n) is 7.91. The Kier molecular flexibility index (Phi) is 5.94. The van der Waals surface area contributed by atoms with Crippen molar-refractivity contribution in [3.63, 3.8) is 0 Å². The maximum atomic E-state index is 13.6. The van der Waals surface area contributed by atoms with Crippen molar-refractivity contribution in [3.8, 4) is 0 Å². The Morgan fingerprint density at radius 3 is 2.50 bits per heavy atom. The van der Waals surface area contributed by atoms with Gasteiger partial charge in [0.05, 0.1) is 26.6 Å². The number of amides is 1. The van der Waals surface area contributed by atoms with Crippen LogP contribution in [-0.2, 0) is 9.63 Å². The highest BCUT2D eigenvalue weighted by Gasteiger charge is 2.71. The van der Waals surface area contributed by atoms with Gasteiger partial charge in [-0.25, -0.2) is 4.79 Å². The van der Waals surface area contributed by atoms with Crippen molar-refractivity contribution in [3.05, 3.63) is 68.2 Å². The monoisotopic (exact) mass is 503 g/mol. The first kappa shape index (κ1) is 24.2. The Hall–Kier alpha value is -2.97. The first-order valence-electron chi connectivity index (χ1n) is 10.7. The third-order valence-corrected chi connectivity index (χ3v) is 8.45. The van der Waals surface area contributed by atoms with E-state index < -0.39 is 27.1 Å². The van der Waals surface area contributed by atoms with Crippen LogP contribution in [0.2, 0.25) is 10.0 Å². The van der Waals surface area contributed by atoms with Gasteiger partial charge in [0.25, 0.3) is 5.69 Å². The summed E-state index contributed by atoms with van der Waals surface area (Å²) in [6.45, 7) is 5.97. The quantitative estimate of drug-likeness (QED) is 0.293. The minimum Gasteiger partial charge on any atom is -0.320 e. The fourth-order valence-corrected chi connectivity index (χ4v) is 5.79. The molecular formula is C24H23Cl2N3O5. The van der Waals surface area contributed by atoms with E-state index in [2.05, 4.69) is 10.5 Å². The van der Waals surface area contributed by atoms with Crippen LogP contribution in [0.4, 0.5) is 11.4 Å². The zero-order chi connectivity index (χ0) is 24.9. The van der Waals surface area contributed by atoms with Crippen LogP contribution in [0.15, 0.2) is 47.6 Å². The van der Waals surface area contributed by atoms with E-state index in [1.54, 1.807) is 12.1 Å². The molecule has 2 fully saturated rings. The summed E-state index contributed by atoms with van der Waals surface area (Å²) >= 11 is 12.0. The molecule has 0 aromatic heterocycles. The summed E-state index contributed by atoms with van der Waals surface area (Å²) in [6, 6.07) is 10.5. The van der Waals surface area contributed by atoms with Crippen LogP contribution in [-0.4, -0.2) is 22.5 Å². The van der Waals surface area contributed by atoms with Gasteiger partial charge in [-0.2, -0.15) is 0 Å². The molecule has 4 rings (SSSR count). The van der Waals surface area contributed by atoms with Crippen LogP contribution >= 0.6 is 23.2 Å². The molecule has 2 aromatic rings. The van der Waals surface area contributed by atoms with E-state index in [0.717, 1.165) is 0 Å². The van der Waals surface area contributed by atoms with Gasteiger partial charge in [0.1, 0.15) is 5.69 Å². The molecule has 0 spiro atoms. The normalized spacial score (nSPS) is 25.9. The summed E-state index contributed by atoms with van der Waals surface area (Å²) in [5, 5.41) is 18.9. The molecule has 0 saturated heterocycles. The van der Waals surface area contributed by atoms with Gasteiger partial charge < -0.3 is 10.2 Å². The molecule has 2 atom stereocenters. The van der Waals surface area contributed by atoms with Gasteiger partial charge in [-0.1, -0.05) is 61.3 Å². The average Bonchev–Trinajstić information content (AvgIpc) is 3.08. The first-order chi connectivity index (χ1) is 15.9. The number of hydrogen-bond acceptors (Lipinski definition) is 6. The molecule has 8 nitrogen and oxygen atoms in total. The molecule has 2 aliphatic rings. The van der Waals surface area contributed by atoms with Gasteiger partial charge in [-0.3, -0.25) is 14.9 Å². The summed E-state index contributed by atoms with van der Waals surface area (Å²) in [5.41, 5.74) is -1.22. The van der Waals surface area contributed by atoms with Gasteiger partial charge in [-0.05, 0) is 42.5 Å². The molecule has 1 N–H and O–H groups in total. The number of nitro groups is 1. The van der Waals surface area contributed by atoms with Crippen LogP contribution < -0.4 is 5.32 Å². The molecule has 0 aliphatic heterocycles. The minimum absolute atomic E-state index is 0.131. The lowest BCUT2D eigenvalue weighted by atomic mass is 9.64. The molecule has 2 unspecified atom stereocenters. The fraction of sp³-hybridized carbons (Fsp3) is 0.375. The summed E-state index contributed by atoms with van der Waals surface area (Å²) < 4.78 is 0. The lowest BCUT2D eigenvalue weighted by Crippen LogP contribution is -2.43. The van der Waals surface area contributed by atoms with Crippen LogP contribution in [0.5, 0.6) is 0 Å². The molecule has 2 saturated carbocycles. The van der Waals surface area contributed by atoms with E-state index in [0.29, 0.717) is 23.6 Å². The minimum atomic E-state index is -0.866. The van der Waals surface area contributed by atoms with Gasteiger partial charge in [-0.15, -0.1) is 0 Å². The summed E-state index contributed by atoms with van der Waals surface area (Å²) in [4.78, 5) is 42.2. The molecule has 1 amide bonds. The number of nitrogens with one attached hydrogen (secondary N) is 1.